The number of hydrogen-bond acceptors (Lipinski definition) is 4. The van der Waals surface area contributed by atoms with E-state index in [1.54, 1.807) is 0 Å². The largest absolute Gasteiger partial charge is 0.417 e. The lowest BCUT2D eigenvalue weighted by molar-refractivity contribution is -0.137. The summed E-state index contributed by atoms with van der Waals surface area (Å²) in [6.07, 6.45) is -3.72. The van der Waals surface area contributed by atoms with Crippen LogP contribution in [0.5, 0.6) is 0 Å². The molecule has 0 aliphatic heterocycles. The van der Waals surface area contributed by atoms with Crippen molar-refractivity contribution in [1.29, 1.82) is 0 Å². The number of aromatic nitrogens is 1. The first-order chi connectivity index (χ1) is 9.33. The Bertz CT molecular complexity index is 528. The highest BCUT2D eigenvalue weighted by Gasteiger charge is 2.35. The zero-order valence-corrected chi connectivity index (χ0v) is 10.7. The molecule has 2 amide bonds. The molecule has 0 radical (unpaired) electrons. The van der Waals surface area contributed by atoms with Crippen LogP contribution in [0.1, 0.15) is 11.1 Å². The van der Waals surface area contributed by atoms with Gasteiger partial charge in [0.15, 0.2) is 5.84 Å². The first-order valence-corrected chi connectivity index (χ1v) is 5.35. The molecule has 10 heteroatoms. The number of carbonyl (C=O) groups is 1. The van der Waals surface area contributed by atoms with Gasteiger partial charge in [-0.3, -0.25) is 5.32 Å². The van der Waals surface area contributed by atoms with Gasteiger partial charge in [-0.05, 0) is 6.07 Å². The predicted octanol–water partition coefficient (Wildman–Crippen LogP) is 0.691. The van der Waals surface area contributed by atoms with Crippen LogP contribution in [0, 0.1) is 0 Å². The zero-order valence-electron chi connectivity index (χ0n) is 10.7. The van der Waals surface area contributed by atoms with Gasteiger partial charge in [-0.2, -0.15) is 18.3 Å². The molecular weight excluding hydrogens is 277 g/mol. The smallest absolute Gasteiger partial charge is 0.371 e. The van der Waals surface area contributed by atoms with Crippen LogP contribution in [0.4, 0.5) is 23.8 Å². The van der Waals surface area contributed by atoms with Crippen LogP contribution in [0.15, 0.2) is 17.4 Å². The lowest BCUT2D eigenvalue weighted by Gasteiger charge is -2.15. The van der Waals surface area contributed by atoms with Crippen LogP contribution in [0.3, 0.4) is 0 Å². The Balaban J connectivity index is 3.31. The Labute approximate surface area is 112 Å². The maximum Gasteiger partial charge on any atom is 0.417 e. The Kier molecular flexibility index (Phi) is 4.73. The van der Waals surface area contributed by atoms with Gasteiger partial charge in [0, 0.05) is 25.9 Å². The van der Waals surface area contributed by atoms with Crippen molar-refractivity contribution in [3.05, 3.63) is 23.4 Å². The van der Waals surface area contributed by atoms with Crippen molar-refractivity contribution >= 4 is 17.7 Å². The molecule has 0 unspecified atom stereocenters. The third-order valence-electron chi connectivity index (χ3n) is 2.30. The number of anilines is 1. The van der Waals surface area contributed by atoms with E-state index in [4.69, 9.17) is 5.84 Å². The van der Waals surface area contributed by atoms with Gasteiger partial charge < -0.3 is 16.5 Å². The molecule has 110 valence electrons. The molecule has 1 aromatic heterocycles. The van der Waals surface area contributed by atoms with Gasteiger partial charge in [-0.1, -0.05) is 0 Å². The fourth-order valence-electron chi connectivity index (χ4n) is 1.39. The second-order valence-electron chi connectivity index (χ2n) is 3.54. The van der Waals surface area contributed by atoms with E-state index < -0.39 is 17.8 Å². The van der Waals surface area contributed by atoms with Gasteiger partial charge in [0.25, 0.3) is 0 Å². The third-order valence-corrected chi connectivity index (χ3v) is 2.30. The van der Waals surface area contributed by atoms with Gasteiger partial charge in [0.2, 0.25) is 0 Å². The fourth-order valence-corrected chi connectivity index (χ4v) is 1.39. The topological polar surface area (TPSA) is 104 Å². The summed E-state index contributed by atoms with van der Waals surface area (Å²) in [5.41, 5.74) is -1.33. The third kappa shape index (κ3) is 3.49. The lowest BCUT2D eigenvalue weighted by Crippen LogP contribution is -2.27. The van der Waals surface area contributed by atoms with Crippen LogP contribution in [-0.2, 0) is 6.18 Å². The molecule has 1 rings (SSSR count). The molecule has 0 saturated carbocycles. The maximum atomic E-state index is 13.0. The van der Waals surface area contributed by atoms with E-state index in [1.165, 1.54) is 14.1 Å². The van der Waals surface area contributed by atoms with Crippen molar-refractivity contribution in [1.82, 2.24) is 15.6 Å². The number of nitrogens with one attached hydrogen (secondary N) is 3. The van der Waals surface area contributed by atoms with E-state index in [1.807, 2.05) is 0 Å². The van der Waals surface area contributed by atoms with Crippen LogP contribution < -0.4 is 21.8 Å². The number of rotatable bonds is 2. The van der Waals surface area contributed by atoms with Crippen molar-refractivity contribution in [3.63, 3.8) is 0 Å². The van der Waals surface area contributed by atoms with Crippen LogP contribution in [-0.4, -0.2) is 30.9 Å². The highest BCUT2D eigenvalue weighted by molar-refractivity contribution is 6.00. The quantitative estimate of drug-likeness (QED) is 0.278. The monoisotopic (exact) mass is 290 g/mol. The molecular formula is C10H13F3N6O. The summed E-state index contributed by atoms with van der Waals surface area (Å²) in [7, 11) is 2.71. The standard InChI is InChI=1S/C10H13F3N6O/c1-15-8(19-14)5-4-17-7(18-9(20)16-2)3-6(5)10(11,12)13/h3-4H,14H2,1-2H3,(H,15,19)(H2,16,17,18,20). The number of carbonyl (C=O) groups excluding carboxylic acids is 1. The normalized spacial score (nSPS) is 11.9. The summed E-state index contributed by atoms with van der Waals surface area (Å²) in [4.78, 5) is 14.8. The second kappa shape index (κ2) is 6.08. The van der Waals surface area contributed by atoms with Crippen LogP contribution in [0.25, 0.3) is 0 Å². The van der Waals surface area contributed by atoms with Crippen molar-refractivity contribution in [3.8, 4) is 0 Å². The van der Waals surface area contributed by atoms with Gasteiger partial charge >= 0.3 is 12.2 Å². The van der Waals surface area contributed by atoms with E-state index in [2.05, 4.69) is 26.0 Å². The number of amidine groups is 1. The molecule has 0 aliphatic rings. The Morgan fingerprint density at radius 2 is 2.00 bits per heavy atom. The highest BCUT2D eigenvalue weighted by Crippen LogP contribution is 2.33. The average molecular weight is 290 g/mol. The van der Waals surface area contributed by atoms with Crippen molar-refractivity contribution < 1.29 is 18.0 Å². The average Bonchev–Trinajstić information content (AvgIpc) is 2.40. The number of halogens is 3. The molecule has 0 atom stereocenters. The summed E-state index contributed by atoms with van der Waals surface area (Å²) >= 11 is 0. The molecule has 0 fully saturated rings. The zero-order chi connectivity index (χ0) is 15.3. The Hall–Kier alpha value is -2.52. The molecule has 0 aromatic carbocycles. The molecule has 1 aromatic rings. The van der Waals surface area contributed by atoms with E-state index in [0.717, 1.165) is 6.20 Å². The van der Waals surface area contributed by atoms with E-state index in [0.29, 0.717) is 6.07 Å². The van der Waals surface area contributed by atoms with Crippen LogP contribution >= 0.6 is 0 Å². The Morgan fingerprint density at radius 1 is 1.35 bits per heavy atom. The maximum absolute atomic E-state index is 13.0. The number of hydrazone groups is 1. The molecule has 7 nitrogen and oxygen atoms in total. The van der Waals surface area contributed by atoms with E-state index in [-0.39, 0.29) is 17.2 Å². The SMILES string of the molecule is CNC(=O)Nc1cc(C(F)(F)F)c(/C(=N/N)NC)cn1. The number of hydrogen-bond donors (Lipinski definition) is 4. The van der Waals surface area contributed by atoms with Crippen molar-refractivity contribution in [2.75, 3.05) is 19.4 Å². The minimum Gasteiger partial charge on any atom is -0.371 e. The van der Waals surface area contributed by atoms with Crippen LogP contribution in [0.2, 0.25) is 0 Å². The summed E-state index contributed by atoms with van der Waals surface area (Å²) in [6.45, 7) is 0. The predicted molar refractivity (Wildman–Crippen MR) is 67.1 cm³/mol. The number of amides is 2. The Morgan fingerprint density at radius 3 is 2.45 bits per heavy atom. The fraction of sp³-hybridized carbons (Fsp3) is 0.300. The highest BCUT2D eigenvalue weighted by atomic mass is 19.4. The minimum absolute atomic E-state index is 0.170. The van der Waals surface area contributed by atoms with Crippen molar-refractivity contribution in [2.45, 2.75) is 6.18 Å². The number of nitrogens with two attached hydrogens (primary N) is 1. The summed E-state index contributed by atoms with van der Waals surface area (Å²) in [5.74, 6) is 4.61. The first-order valence-electron chi connectivity index (χ1n) is 5.35. The van der Waals surface area contributed by atoms with E-state index in [9.17, 15) is 18.0 Å². The molecule has 0 spiro atoms. The summed E-state index contributed by atoms with van der Waals surface area (Å²) in [5, 5.41) is 10.0. The summed E-state index contributed by atoms with van der Waals surface area (Å²) in [6, 6.07) is 0.0207. The molecule has 0 saturated heterocycles. The number of nitrogens with zero attached hydrogens (tertiary/aromatic N) is 2. The molecule has 20 heavy (non-hydrogen) atoms. The summed E-state index contributed by atoms with van der Waals surface area (Å²) < 4.78 is 39.0. The number of urea groups is 1. The number of pyridine rings is 1. The van der Waals surface area contributed by atoms with Gasteiger partial charge in [0.05, 0.1) is 5.56 Å². The van der Waals surface area contributed by atoms with Gasteiger partial charge in [0.1, 0.15) is 5.82 Å². The molecule has 0 bridgehead atoms. The van der Waals surface area contributed by atoms with E-state index >= 15 is 0 Å². The van der Waals surface area contributed by atoms with Gasteiger partial charge in [-0.15, -0.1) is 0 Å². The van der Waals surface area contributed by atoms with Gasteiger partial charge in [-0.25, -0.2) is 9.78 Å². The minimum atomic E-state index is -4.65. The molecule has 1 heterocycles. The van der Waals surface area contributed by atoms with Crippen molar-refractivity contribution in [2.24, 2.45) is 10.9 Å². The molecule has 5 N–H and O–H groups in total. The number of alkyl halides is 3. The molecule has 0 aliphatic carbocycles. The lowest BCUT2D eigenvalue weighted by atomic mass is 10.1. The second-order valence-corrected chi connectivity index (χ2v) is 3.54. The first kappa shape index (κ1) is 15.5.